The van der Waals surface area contributed by atoms with E-state index >= 15 is 0 Å². The number of carbonyl (C=O) groups is 1. The lowest BCUT2D eigenvalue weighted by Gasteiger charge is -2.19. The number of para-hydroxylation sites is 1. The normalized spacial score (nSPS) is 11.3. The molecule has 0 aliphatic carbocycles. The number of hydrogen-bond donors (Lipinski definition) is 1. The summed E-state index contributed by atoms with van der Waals surface area (Å²) in [6, 6.07) is 10.5. The van der Waals surface area contributed by atoms with Crippen molar-refractivity contribution in [1.29, 1.82) is 0 Å². The molecular weight excluding hydrogens is 372 g/mol. The molecule has 2 aromatic rings. The summed E-state index contributed by atoms with van der Waals surface area (Å²) in [6.45, 7) is 4.05. The van der Waals surface area contributed by atoms with Crippen molar-refractivity contribution < 1.29 is 13.2 Å². The molecule has 2 aromatic carbocycles. The van der Waals surface area contributed by atoms with Crippen molar-refractivity contribution in [1.82, 2.24) is 0 Å². The zero-order valence-electron chi connectivity index (χ0n) is 15.3. The largest absolute Gasteiger partial charge is 0.321 e. The number of amides is 1. The maximum absolute atomic E-state index is 12.8. The zero-order chi connectivity index (χ0) is 19.5. The van der Waals surface area contributed by atoms with Gasteiger partial charge in [-0.3, -0.25) is 9.10 Å². The van der Waals surface area contributed by atoms with Gasteiger partial charge in [-0.1, -0.05) is 43.6 Å². The monoisotopic (exact) mass is 394 g/mol. The number of hydrogen-bond acceptors (Lipinski definition) is 3. The van der Waals surface area contributed by atoms with E-state index in [4.69, 9.17) is 11.6 Å². The van der Waals surface area contributed by atoms with Crippen molar-refractivity contribution in [2.24, 2.45) is 0 Å². The third kappa shape index (κ3) is 4.37. The Balaban J connectivity index is 2.43. The van der Waals surface area contributed by atoms with Crippen molar-refractivity contribution >= 4 is 38.9 Å². The fraction of sp³-hybridized carbons (Fsp3) is 0.316. The highest BCUT2D eigenvalue weighted by molar-refractivity contribution is 7.92. The Labute approximate surface area is 160 Å². The maximum Gasteiger partial charge on any atom is 0.257 e. The third-order valence-electron chi connectivity index (χ3n) is 4.29. The van der Waals surface area contributed by atoms with Crippen LogP contribution < -0.4 is 9.62 Å². The molecule has 7 heteroatoms. The molecule has 0 aliphatic heterocycles. The summed E-state index contributed by atoms with van der Waals surface area (Å²) in [7, 11) is -2.00. The van der Waals surface area contributed by atoms with Crippen LogP contribution in [0.4, 0.5) is 11.4 Å². The highest BCUT2D eigenvalue weighted by Gasteiger charge is 2.18. The summed E-state index contributed by atoms with van der Waals surface area (Å²) in [5, 5.41) is 3.22. The molecule has 0 saturated carbocycles. The molecule has 0 spiro atoms. The summed E-state index contributed by atoms with van der Waals surface area (Å²) >= 11 is 6.19. The van der Waals surface area contributed by atoms with E-state index in [1.807, 2.05) is 32.0 Å². The van der Waals surface area contributed by atoms with Crippen molar-refractivity contribution in [2.75, 3.05) is 22.9 Å². The Hall–Kier alpha value is -2.05. The molecule has 26 heavy (non-hydrogen) atoms. The van der Waals surface area contributed by atoms with Crippen LogP contribution in [0.25, 0.3) is 0 Å². The molecule has 0 aromatic heterocycles. The van der Waals surface area contributed by atoms with Gasteiger partial charge in [0.05, 0.1) is 22.5 Å². The molecule has 0 heterocycles. The molecule has 5 nitrogen and oxygen atoms in total. The SMILES string of the molecule is CCc1cccc(CC)c1NC(=O)c1cc(N(C)S(C)(=O)=O)ccc1Cl. The summed E-state index contributed by atoms with van der Waals surface area (Å²) < 4.78 is 24.6. The van der Waals surface area contributed by atoms with Gasteiger partial charge < -0.3 is 5.32 Å². The molecule has 0 unspecified atom stereocenters. The second-order valence-corrected chi connectivity index (χ2v) is 8.43. The average Bonchev–Trinajstić information content (AvgIpc) is 2.60. The van der Waals surface area contributed by atoms with Crippen molar-refractivity contribution in [3.8, 4) is 0 Å². The van der Waals surface area contributed by atoms with E-state index in [1.165, 1.54) is 19.2 Å². The van der Waals surface area contributed by atoms with Gasteiger partial charge in [-0.2, -0.15) is 0 Å². The number of rotatable bonds is 6. The molecule has 1 N–H and O–H groups in total. The fourth-order valence-electron chi connectivity index (χ4n) is 2.66. The number of nitrogens with one attached hydrogen (secondary N) is 1. The molecule has 140 valence electrons. The van der Waals surface area contributed by atoms with Gasteiger partial charge in [0.1, 0.15) is 0 Å². The number of anilines is 2. The van der Waals surface area contributed by atoms with Gasteiger partial charge in [0.2, 0.25) is 10.0 Å². The first kappa shape index (κ1) is 20.3. The predicted octanol–water partition coefficient (Wildman–Crippen LogP) is 4.11. The van der Waals surface area contributed by atoms with Crippen molar-refractivity contribution in [3.63, 3.8) is 0 Å². The van der Waals surface area contributed by atoms with E-state index in [2.05, 4.69) is 5.32 Å². The fourth-order valence-corrected chi connectivity index (χ4v) is 3.36. The van der Waals surface area contributed by atoms with E-state index in [0.717, 1.165) is 40.2 Å². The number of benzene rings is 2. The van der Waals surface area contributed by atoms with Crippen LogP contribution in [-0.4, -0.2) is 27.6 Å². The van der Waals surface area contributed by atoms with E-state index < -0.39 is 10.0 Å². The summed E-state index contributed by atoms with van der Waals surface area (Å²) in [6.07, 6.45) is 2.68. The van der Waals surface area contributed by atoms with Gasteiger partial charge in [-0.15, -0.1) is 0 Å². The second-order valence-electron chi connectivity index (χ2n) is 6.01. The lowest BCUT2D eigenvalue weighted by Crippen LogP contribution is -2.25. The van der Waals surface area contributed by atoms with Crippen LogP contribution in [0.3, 0.4) is 0 Å². The van der Waals surface area contributed by atoms with Gasteiger partial charge in [0.25, 0.3) is 5.91 Å². The van der Waals surface area contributed by atoms with Crippen LogP contribution in [0.1, 0.15) is 35.3 Å². The Morgan fingerprint density at radius 1 is 1.12 bits per heavy atom. The van der Waals surface area contributed by atoms with Crippen LogP contribution in [0, 0.1) is 0 Å². The summed E-state index contributed by atoms with van der Waals surface area (Å²) in [5.41, 5.74) is 3.48. The molecule has 0 aliphatic rings. The number of carbonyl (C=O) groups excluding carboxylic acids is 1. The van der Waals surface area contributed by atoms with Gasteiger partial charge in [0.15, 0.2) is 0 Å². The van der Waals surface area contributed by atoms with Crippen LogP contribution >= 0.6 is 11.6 Å². The smallest absolute Gasteiger partial charge is 0.257 e. The van der Waals surface area contributed by atoms with Gasteiger partial charge in [0, 0.05) is 12.7 Å². The highest BCUT2D eigenvalue weighted by atomic mass is 35.5. The predicted molar refractivity (Wildman–Crippen MR) is 108 cm³/mol. The average molecular weight is 395 g/mol. The standard InChI is InChI=1S/C19H23ClN2O3S/c1-5-13-8-7-9-14(6-2)18(13)21-19(23)16-12-15(10-11-17(16)20)22(3)26(4,24)25/h7-12H,5-6H2,1-4H3,(H,21,23). The molecule has 0 radical (unpaired) electrons. The van der Waals surface area contributed by atoms with Crippen LogP contribution in [0.2, 0.25) is 5.02 Å². The Kier molecular flexibility index (Phi) is 6.31. The number of nitrogens with zero attached hydrogens (tertiary/aromatic N) is 1. The van der Waals surface area contributed by atoms with Crippen LogP contribution in [-0.2, 0) is 22.9 Å². The number of aryl methyl sites for hydroxylation is 2. The zero-order valence-corrected chi connectivity index (χ0v) is 16.9. The summed E-state index contributed by atoms with van der Waals surface area (Å²) in [5.74, 6) is -0.366. The number of sulfonamides is 1. The van der Waals surface area contributed by atoms with E-state index in [1.54, 1.807) is 6.07 Å². The Morgan fingerprint density at radius 2 is 1.69 bits per heavy atom. The van der Waals surface area contributed by atoms with E-state index in [-0.39, 0.29) is 16.5 Å². The number of halogens is 1. The van der Waals surface area contributed by atoms with Gasteiger partial charge >= 0.3 is 0 Å². The molecule has 0 atom stereocenters. The van der Waals surface area contributed by atoms with E-state index in [9.17, 15) is 13.2 Å². The second kappa shape index (κ2) is 8.10. The Morgan fingerprint density at radius 3 is 2.19 bits per heavy atom. The van der Waals surface area contributed by atoms with Crippen molar-refractivity contribution in [3.05, 3.63) is 58.1 Å². The quantitative estimate of drug-likeness (QED) is 0.801. The van der Waals surface area contributed by atoms with Crippen molar-refractivity contribution in [2.45, 2.75) is 26.7 Å². The molecule has 2 rings (SSSR count). The lowest BCUT2D eigenvalue weighted by atomic mass is 10.0. The molecular formula is C19H23ClN2O3S. The third-order valence-corrected chi connectivity index (χ3v) is 5.83. The highest BCUT2D eigenvalue weighted by Crippen LogP contribution is 2.27. The molecule has 0 bridgehead atoms. The van der Waals surface area contributed by atoms with Gasteiger partial charge in [-0.05, 0) is 42.2 Å². The molecule has 0 saturated heterocycles. The van der Waals surface area contributed by atoms with Crippen LogP contribution in [0.5, 0.6) is 0 Å². The first-order valence-corrected chi connectivity index (χ1v) is 10.6. The molecule has 0 fully saturated rings. The first-order chi connectivity index (χ1) is 12.2. The lowest BCUT2D eigenvalue weighted by molar-refractivity contribution is 0.102. The minimum atomic E-state index is -3.43. The maximum atomic E-state index is 12.8. The topological polar surface area (TPSA) is 66.5 Å². The minimum Gasteiger partial charge on any atom is -0.321 e. The Bertz CT molecular complexity index is 904. The first-order valence-electron chi connectivity index (χ1n) is 8.34. The molecule has 1 amide bonds. The van der Waals surface area contributed by atoms with E-state index in [0.29, 0.717) is 5.69 Å². The van der Waals surface area contributed by atoms with Gasteiger partial charge in [-0.25, -0.2) is 8.42 Å². The summed E-state index contributed by atoms with van der Waals surface area (Å²) in [4.78, 5) is 12.8. The van der Waals surface area contributed by atoms with Crippen LogP contribution in [0.15, 0.2) is 36.4 Å². The minimum absolute atomic E-state index is 0.229.